The highest BCUT2D eigenvalue weighted by Gasteiger charge is 2.22. The van der Waals surface area contributed by atoms with Gasteiger partial charge in [-0.05, 0) is 53.5 Å². The fourth-order valence-electron chi connectivity index (χ4n) is 6.62. The topological polar surface area (TPSA) is 69.9 Å². The number of rotatable bonds is 4. The summed E-state index contributed by atoms with van der Waals surface area (Å²) in [7, 11) is 0. The second-order valence-electron chi connectivity index (χ2n) is 11.6. The zero-order chi connectivity index (χ0) is 47.4. The van der Waals surface area contributed by atoms with E-state index in [1.165, 1.54) is 0 Å². The maximum atomic E-state index is 9.60. The molecule has 0 aliphatic carbocycles. The molecule has 11 rings (SSSR count). The molecule has 0 spiro atoms. The summed E-state index contributed by atoms with van der Waals surface area (Å²) in [5.74, 6) is -1.09. The third-order valence-corrected chi connectivity index (χ3v) is 8.77. The van der Waals surface area contributed by atoms with E-state index < -0.39 is 142 Å². The van der Waals surface area contributed by atoms with Crippen LogP contribution in [0.2, 0.25) is 0 Å². The molecule has 6 nitrogen and oxygen atoms in total. The quantitative estimate of drug-likeness (QED) is 0.186. The summed E-state index contributed by atoms with van der Waals surface area (Å²) in [4.78, 5) is 14.1. The molecule has 238 valence electrons. The minimum absolute atomic E-state index is 0.182. The zero-order valence-corrected chi connectivity index (χ0v) is 25.9. The van der Waals surface area contributed by atoms with Crippen molar-refractivity contribution in [3.8, 4) is 39.9 Å². The lowest BCUT2D eigenvalue weighted by molar-refractivity contribution is 0.669. The summed E-state index contributed by atoms with van der Waals surface area (Å²) in [5, 5.41) is 2.42. The predicted octanol–water partition coefficient (Wildman–Crippen LogP) is 11.8. The van der Waals surface area contributed by atoms with Crippen molar-refractivity contribution in [2.24, 2.45) is 0 Å². The van der Waals surface area contributed by atoms with Crippen LogP contribution in [0.3, 0.4) is 0 Å². The lowest BCUT2D eigenvalue weighted by Crippen LogP contribution is -2.06. The normalized spacial score (nSPS) is 16.3. The fraction of sp³-hybridized carbons (Fsp3) is 0. The minimum Gasteiger partial charge on any atom is -0.456 e. The average molecular weight is 671 g/mol. The van der Waals surface area contributed by atoms with Crippen LogP contribution in [0, 0.1) is 0 Å². The molecule has 4 aromatic heterocycles. The summed E-state index contributed by atoms with van der Waals surface area (Å²) in [6.07, 6.45) is 0. The maximum absolute atomic E-state index is 9.60. The van der Waals surface area contributed by atoms with Crippen molar-refractivity contribution in [1.29, 1.82) is 0 Å². The average Bonchev–Trinajstić information content (AvgIpc) is 4.02. The van der Waals surface area contributed by atoms with Crippen LogP contribution < -0.4 is 0 Å². The van der Waals surface area contributed by atoms with Gasteiger partial charge in [-0.2, -0.15) is 9.97 Å². The van der Waals surface area contributed by atoms with Crippen molar-refractivity contribution in [3.63, 3.8) is 0 Å². The number of hydrogen-bond acceptors (Lipinski definition) is 5. The van der Waals surface area contributed by atoms with E-state index in [0.717, 1.165) is 10.8 Å². The molecule has 0 saturated heterocycles. The Hall–Kier alpha value is -7.05. The molecule has 0 unspecified atom stereocenters. The van der Waals surface area contributed by atoms with Gasteiger partial charge in [0.25, 0.3) is 0 Å². The SMILES string of the molecule is [2H]c1c([2H])c([2H])c(-c2nc(-c3c([2H])c([2H])c4c(oc5c([2H])c([2H])c([2H])c(-c6c([2H])c([2H])c([2H])c([2H])c6[2H])c54)c3[2H])nc(-n3c4ccccc4c4c5oc6ccccc6c5ccc43)n2)c([2H])c1[2H]. The lowest BCUT2D eigenvalue weighted by Gasteiger charge is -2.11. The molecule has 11 aromatic rings. The summed E-state index contributed by atoms with van der Waals surface area (Å²) < 4.78 is 154. The van der Waals surface area contributed by atoms with Gasteiger partial charge in [0.1, 0.15) is 22.3 Å². The zero-order valence-electron chi connectivity index (χ0n) is 41.9. The molecule has 4 heterocycles. The van der Waals surface area contributed by atoms with Crippen LogP contribution in [0.25, 0.3) is 106 Å². The number of para-hydroxylation sites is 2. The van der Waals surface area contributed by atoms with Crippen LogP contribution in [0.1, 0.15) is 21.9 Å². The number of nitrogens with zero attached hydrogens (tertiary/aromatic N) is 4. The van der Waals surface area contributed by atoms with Gasteiger partial charge in [-0.3, -0.25) is 4.57 Å². The van der Waals surface area contributed by atoms with E-state index in [1.54, 1.807) is 16.7 Å². The van der Waals surface area contributed by atoms with Gasteiger partial charge in [-0.15, -0.1) is 0 Å². The van der Waals surface area contributed by atoms with E-state index >= 15 is 0 Å². The first kappa shape index (κ1) is 16.6. The van der Waals surface area contributed by atoms with E-state index in [2.05, 4.69) is 4.98 Å². The highest BCUT2D eigenvalue weighted by atomic mass is 16.3. The number of fused-ring (bicyclic) bond motifs is 10. The van der Waals surface area contributed by atoms with E-state index in [9.17, 15) is 4.11 Å². The van der Waals surface area contributed by atoms with E-state index in [-0.39, 0.29) is 16.7 Å². The second-order valence-corrected chi connectivity index (χ2v) is 11.6. The third-order valence-electron chi connectivity index (χ3n) is 8.77. The molecule has 51 heavy (non-hydrogen) atoms. The van der Waals surface area contributed by atoms with E-state index in [4.69, 9.17) is 36.6 Å². The molecular weight excluding hydrogens is 629 g/mol. The van der Waals surface area contributed by atoms with Gasteiger partial charge in [0, 0.05) is 38.1 Å². The molecule has 0 bridgehead atoms. The number of benzene rings is 7. The Kier molecular flexibility index (Phi) is 3.48. The number of aromatic nitrogens is 4. The van der Waals surface area contributed by atoms with Gasteiger partial charge in [-0.25, -0.2) is 4.98 Å². The smallest absolute Gasteiger partial charge is 0.238 e. The van der Waals surface area contributed by atoms with Crippen LogP contribution in [-0.4, -0.2) is 19.5 Å². The van der Waals surface area contributed by atoms with Crippen molar-refractivity contribution in [2.75, 3.05) is 0 Å². The molecule has 0 amide bonds. The van der Waals surface area contributed by atoms with Gasteiger partial charge in [0.05, 0.1) is 38.4 Å². The van der Waals surface area contributed by atoms with Crippen molar-refractivity contribution < 1.29 is 30.8 Å². The molecule has 0 saturated carbocycles. The molecule has 0 aliphatic heterocycles. The predicted molar refractivity (Wildman–Crippen MR) is 205 cm³/mol. The molecule has 0 N–H and O–H groups in total. The van der Waals surface area contributed by atoms with Crippen molar-refractivity contribution in [2.45, 2.75) is 0 Å². The summed E-state index contributed by atoms with van der Waals surface area (Å²) >= 11 is 0. The molecule has 7 aromatic carbocycles. The Labute approximate surface area is 313 Å². The monoisotopic (exact) mass is 670 g/mol. The Balaban J connectivity index is 1.26. The first-order valence-electron chi connectivity index (χ1n) is 23.6. The number of furan rings is 2. The van der Waals surface area contributed by atoms with Crippen LogP contribution in [0.5, 0.6) is 0 Å². The van der Waals surface area contributed by atoms with Crippen LogP contribution in [-0.2, 0) is 0 Å². The van der Waals surface area contributed by atoms with Crippen molar-refractivity contribution in [3.05, 3.63) is 157 Å². The van der Waals surface area contributed by atoms with Crippen molar-refractivity contribution in [1.82, 2.24) is 19.5 Å². The summed E-state index contributed by atoms with van der Waals surface area (Å²) in [5.41, 5.74) is -0.526. The first-order valence-corrected chi connectivity index (χ1v) is 15.6. The van der Waals surface area contributed by atoms with Gasteiger partial charge in [-0.1, -0.05) is 115 Å². The van der Waals surface area contributed by atoms with Gasteiger partial charge >= 0.3 is 0 Å². The fourth-order valence-corrected chi connectivity index (χ4v) is 6.62. The van der Waals surface area contributed by atoms with Crippen LogP contribution in [0.4, 0.5) is 0 Å². The highest BCUT2D eigenvalue weighted by molar-refractivity contribution is 6.23. The Morgan fingerprint density at radius 2 is 1.22 bits per heavy atom. The molecular formula is C45H26N4O2. The minimum atomic E-state index is -0.751. The Morgan fingerprint density at radius 1 is 0.471 bits per heavy atom. The molecule has 0 fully saturated rings. The molecule has 0 aliphatic rings. The lowest BCUT2D eigenvalue weighted by atomic mass is 9.99. The molecule has 6 heteroatoms. The Morgan fingerprint density at radius 3 is 2.06 bits per heavy atom. The number of hydrogen-bond donors (Lipinski definition) is 0. The third kappa shape index (κ3) is 4.20. The molecule has 0 radical (unpaired) electrons. The van der Waals surface area contributed by atoms with Gasteiger partial charge < -0.3 is 8.83 Å². The maximum Gasteiger partial charge on any atom is 0.238 e. The van der Waals surface area contributed by atoms with E-state index in [1.807, 2.05) is 48.5 Å². The summed E-state index contributed by atoms with van der Waals surface area (Å²) in [6.45, 7) is 0. The Bertz CT molecular complexity index is 4030. The summed E-state index contributed by atoms with van der Waals surface area (Å²) in [6, 6.07) is 7.25. The second kappa shape index (κ2) is 10.7. The van der Waals surface area contributed by atoms with Crippen molar-refractivity contribution >= 4 is 65.7 Å². The highest BCUT2D eigenvalue weighted by Crippen LogP contribution is 2.41. The van der Waals surface area contributed by atoms with E-state index in [0.29, 0.717) is 33.0 Å². The largest absolute Gasteiger partial charge is 0.456 e. The van der Waals surface area contributed by atoms with Crippen LogP contribution in [0.15, 0.2) is 166 Å². The first-order chi connectivity index (χ1) is 31.9. The van der Waals surface area contributed by atoms with Crippen LogP contribution >= 0.6 is 0 Å². The molecule has 0 atom stereocenters. The van der Waals surface area contributed by atoms with Gasteiger partial charge in [0.15, 0.2) is 11.6 Å². The standard InChI is InChI=1S/C45H26N4O2/c1-3-12-27(13-4-1)30-18-11-21-38-40(30)34-23-22-29(26-39(34)50-38)44-46-43(28-14-5-2-6-15-28)47-45(48-44)49-35-19-9-7-17-33(35)41-36(49)25-24-32-31-16-8-10-20-37(31)51-42(32)41/h1-26H/i1D,2D,3D,4D,5D,6D,11D,12D,13D,14D,15D,18D,21D,22D,23D,26D. The van der Waals surface area contributed by atoms with Gasteiger partial charge in [0.2, 0.25) is 5.95 Å².